The molecular formula is C21H21N9O5S. The van der Waals surface area contributed by atoms with Crippen molar-refractivity contribution in [1.82, 2.24) is 35.3 Å². The van der Waals surface area contributed by atoms with Gasteiger partial charge in [0.05, 0.1) is 12.0 Å². The largest absolute Gasteiger partial charge is 0.481 e. The molecule has 0 fully saturated rings. The fourth-order valence-corrected chi connectivity index (χ4v) is 3.80. The van der Waals surface area contributed by atoms with Gasteiger partial charge in [-0.05, 0) is 13.0 Å². The molecule has 1 unspecified atom stereocenters. The van der Waals surface area contributed by atoms with Crippen molar-refractivity contribution in [2.24, 2.45) is 10.2 Å². The molecule has 15 heteroatoms. The standard InChI is InChI=1S/C21H21N9O5S/c1-10(9-22-14(31)7-8-15(32)33)18-23-19-17(25-27-21-26-24-11(2)36-21)16(28-30(19)29-18)12-5-3-4-6-13(12)20(34)35/h3-6,10H,7-9H2,1-2H3,(H,22,31)(H,23,29)(H,32,33)(H,34,35). The molecule has 186 valence electrons. The number of carboxylic acid groups (broad SMARTS) is 2. The summed E-state index contributed by atoms with van der Waals surface area (Å²) in [5, 5.41) is 47.3. The number of carboxylic acids is 2. The van der Waals surface area contributed by atoms with Crippen molar-refractivity contribution in [2.45, 2.75) is 32.6 Å². The van der Waals surface area contributed by atoms with Gasteiger partial charge in [0.15, 0.2) is 11.3 Å². The Hall–Kier alpha value is -4.53. The van der Waals surface area contributed by atoms with Gasteiger partial charge >= 0.3 is 11.9 Å². The fraction of sp³-hybridized carbons (Fsp3) is 0.286. The van der Waals surface area contributed by atoms with Crippen LogP contribution in [0.1, 0.15) is 46.9 Å². The van der Waals surface area contributed by atoms with Gasteiger partial charge in [0.1, 0.15) is 16.5 Å². The molecule has 3 heterocycles. The number of aromatic carboxylic acids is 1. The Morgan fingerprint density at radius 3 is 2.61 bits per heavy atom. The van der Waals surface area contributed by atoms with Gasteiger partial charge in [0, 0.05) is 24.4 Å². The molecule has 0 aliphatic rings. The molecule has 0 spiro atoms. The number of aromatic amines is 1. The van der Waals surface area contributed by atoms with Crippen LogP contribution < -0.4 is 5.32 Å². The Kier molecular flexibility index (Phi) is 7.10. The van der Waals surface area contributed by atoms with Crippen LogP contribution >= 0.6 is 11.3 Å². The number of H-pyrrole nitrogens is 1. The van der Waals surface area contributed by atoms with Gasteiger partial charge in [-0.15, -0.1) is 35.3 Å². The number of aliphatic carboxylic acids is 1. The summed E-state index contributed by atoms with van der Waals surface area (Å²) < 4.78 is 1.30. The monoisotopic (exact) mass is 511 g/mol. The maximum atomic E-state index is 11.9. The number of hydrogen-bond acceptors (Lipinski definition) is 10. The number of fused-ring (bicyclic) bond motifs is 1. The molecule has 4 aromatic rings. The maximum Gasteiger partial charge on any atom is 0.336 e. The van der Waals surface area contributed by atoms with Crippen LogP contribution in [0, 0.1) is 6.92 Å². The van der Waals surface area contributed by atoms with Gasteiger partial charge < -0.3 is 20.5 Å². The van der Waals surface area contributed by atoms with Crippen LogP contribution in [0.15, 0.2) is 34.5 Å². The zero-order valence-electron chi connectivity index (χ0n) is 19.2. The van der Waals surface area contributed by atoms with Crippen molar-refractivity contribution >= 4 is 45.6 Å². The summed E-state index contributed by atoms with van der Waals surface area (Å²) in [4.78, 5) is 37.4. The Morgan fingerprint density at radius 1 is 1.14 bits per heavy atom. The number of carbonyl (C=O) groups excluding carboxylic acids is 1. The lowest BCUT2D eigenvalue weighted by atomic mass is 10.0. The zero-order valence-corrected chi connectivity index (χ0v) is 20.0. The molecule has 1 aromatic carbocycles. The van der Waals surface area contributed by atoms with E-state index in [0.29, 0.717) is 27.2 Å². The minimum Gasteiger partial charge on any atom is -0.481 e. The second-order valence-electron chi connectivity index (χ2n) is 7.80. The van der Waals surface area contributed by atoms with Crippen molar-refractivity contribution in [3.63, 3.8) is 0 Å². The molecule has 0 saturated carbocycles. The molecule has 36 heavy (non-hydrogen) atoms. The van der Waals surface area contributed by atoms with Crippen LogP contribution in [0.2, 0.25) is 0 Å². The molecular weight excluding hydrogens is 490 g/mol. The molecule has 0 aliphatic heterocycles. The van der Waals surface area contributed by atoms with Crippen molar-refractivity contribution in [3.8, 4) is 11.3 Å². The molecule has 0 saturated heterocycles. The molecule has 4 rings (SSSR count). The SMILES string of the molecule is Cc1nnc(N=Nc2c(-c3ccccc3C(=O)O)nn3nc(C(C)CNC(=O)CCC(=O)O)[nH]c23)s1. The molecule has 1 amide bonds. The summed E-state index contributed by atoms with van der Waals surface area (Å²) >= 11 is 1.24. The normalized spacial score (nSPS) is 12.3. The van der Waals surface area contributed by atoms with Crippen LogP contribution in [-0.2, 0) is 9.59 Å². The third-order valence-electron chi connectivity index (χ3n) is 5.09. The van der Waals surface area contributed by atoms with Crippen molar-refractivity contribution < 1.29 is 24.6 Å². The molecule has 0 radical (unpaired) electrons. The van der Waals surface area contributed by atoms with Gasteiger partial charge in [-0.25, -0.2) is 4.79 Å². The van der Waals surface area contributed by atoms with Gasteiger partial charge in [0.25, 0.3) is 5.13 Å². The topological polar surface area (TPSA) is 200 Å². The summed E-state index contributed by atoms with van der Waals surface area (Å²) in [6.45, 7) is 3.82. The first kappa shape index (κ1) is 24.6. The minimum atomic E-state index is -1.12. The number of nitrogens with zero attached hydrogens (tertiary/aromatic N) is 7. The van der Waals surface area contributed by atoms with E-state index in [4.69, 9.17) is 5.11 Å². The third kappa shape index (κ3) is 5.41. The third-order valence-corrected chi connectivity index (χ3v) is 5.82. The van der Waals surface area contributed by atoms with Crippen LogP contribution in [-0.4, -0.2) is 64.6 Å². The number of amides is 1. The second-order valence-corrected chi connectivity index (χ2v) is 8.96. The summed E-state index contributed by atoms with van der Waals surface area (Å²) in [5.74, 6) is -2.33. The van der Waals surface area contributed by atoms with E-state index in [9.17, 15) is 19.5 Å². The van der Waals surface area contributed by atoms with E-state index in [2.05, 4.69) is 40.9 Å². The van der Waals surface area contributed by atoms with E-state index >= 15 is 0 Å². The first-order valence-corrected chi connectivity index (χ1v) is 11.6. The van der Waals surface area contributed by atoms with Crippen molar-refractivity contribution in [3.05, 3.63) is 40.7 Å². The van der Waals surface area contributed by atoms with E-state index < -0.39 is 11.9 Å². The lowest BCUT2D eigenvalue weighted by molar-refractivity contribution is -0.138. The van der Waals surface area contributed by atoms with Gasteiger partial charge in [-0.2, -0.15) is 0 Å². The highest BCUT2D eigenvalue weighted by atomic mass is 32.1. The first-order chi connectivity index (χ1) is 17.2. The Balaban J connectivity index is 1.68. The number of carbonyl (C=O) groups is 3. The van der Waals surface area contributed by atoms with E-state index in [1.165, 1.54) is 22.0 Å². The predicted octanol–water partition coefficient (Wildman–Crippen LogP) is 3.08. The number of benzene rings is 1. The predicted molar refractivity (Wildman–Crippen MR) is 127 cm³/mol. The lowest BCUT2D eigenvalue weighted by Crippen LogP contribution is -2.28. The second kappa shape index (κ2) is 10.4. The summed E-state index contributed by atoms with van der Waals surface area (Å²) in [6, 6.07) is 6.39. The molecule has 3 aromatic heterocycles. The average Bonchev–Trinajstić information content (AvgIpc) is 3.54. The maximum absolute atomic E-state index is 11.9. The van der Waals surface area contributed by atoms with Crippen LogP contribution in [0.5, 0.6) is 0 Å². The number of rotatable bonds is 10. The van der Waals surface area contributed by atoms with Gasteiger partial charge in [-0.1, -0.05) is 36.5 Å². The zero-order chi connectivity index (χ0) is 25.8. The van der Waals surface area contributed by atoms with Crippen LogP contribution in [0.25, 0.3) is 16.9 Å². The Morgan fingerprint density at radius 2 is 1.92 bits per heavy atom. The lowest BCUT2D eigenvalue weighted by Gasteiger charge is -2.09. The average molecular weight is 512 g/mol. The first-order valence-electron chi connectivity index (χ1n) is 10.7. The molecule has 0 aliphatic carbocycles. The van der Waals surface area contributed by atoms with E-state index in [1.54, 1.807) is 25.1 Å². The van der Waals surface area contributed by atoms with Crippen molar-refractivity contribution in [2.75, 3.05) is 6.54 Å². The number of nitrogens with one attached hydrogen (secondary N) is 2. The van der Waals surface area contributed by atoms with Gasteiger partial charge in [-0.3, -0.25) is 9.59 Å². The highest BCUT2D eigenvalue weighted by molar-refractivity contribution is 7.14. The van der Waals surface area contributed by atoms with Crippen LogP contribution in [0.4, 0.5) is 10.8 Å². The number of aromatic nitrogens is 6. The summed E-state index contributed by atoms with van der Waals surface area (Å²) in [6.07, 6.45) is -0.372. The number of aryl methyl sites for hydroxylation is 1. The Labute approximate surface area is 207 Å². The van der Waals surface area contributed by atoms with E-state index in [0.717, 1.165) is 0 Å². The van der Waals surface area contributed by atoms with E-state index in [-0.39, 0.29) is 48.2 Å². The number of azo groups is 1. The quantitative estimate of drug-likeness (QED) is 0.231. The van der Waals surface area contributed by atoms with Crippen LogP contribution in [0.3, 0.4) is 0 Å². The highest BCUT2D eigenvalue weighted by Crippen LogP contribution is 2.36. The van der Waals surface area contributed by atoms with Gasteiger partial charge in [0.2, 0.25) is 5.91 Å². The molecule has 1 atom stereocenters. The summed E-state index contributed by atoms with van der Waals surface area (Å²) in [5.41, 5.74) is 1.27. The van der Waals surface area contributed by atoms with Crippen molar-refractivity contribution in [1.29, 1.82) is 0 Å². The Bertz CT molecular complexity index is 1470. The molecule has 4 N–H and O–H groups in total. The smallest absolute Gasteiger partial charge is 0.336 e. The highest BCUT2D eigenvalue weighted by Gasteiger charge is 2.24. The fourth-order valence-electron chi connectivity index (χ4n) is 3.29. The van der Waals surface area contributed by atoms with E-state index in [1.807, 2.05) is 6.92 Å². The summed E-state index contributed by atoms with van der Waals surface area (Å²) in [7, 11) is 0. The number of hydrogen-bond donors (Lipinski definition) is 4. The molecule has 0 bridgehead atoms. The minimum absolute atomic E-state index is 0.0409. The molecule has 14 nitrogen and oxygen atoms in total.